The molecule has 1 aromatic heterocycles. The predicted octanol–water partition coefficient (Wildman–Crippen LogP) is 5.35. The summed E-state index contributed by atoms with van der Waals surface area (Å²) in [5.41, 5.74) is -2.09. The molecule has 5 nitrogen and oxygen atoms in total. The predicted molar refractivity (Wildman–Crippen MR) is 101 cm³/mol. The number of hydrogen-bond donors (Lipinski definition) is 0. The normalized spacial score (nSPS) is 16.6. The van der Waals surface area contributed by atoms with Crippen LogP contribution in [0.5, 0.6) is 0 Å². The molecule has 0 saturated carbocycles. The van der Waals surface area contributed by atoms with E-state index in [1.54, 1.807) is 18.2 Å². The number of halogens is 8. The number of carbonyl (C=O) groups is 1. The topological polar surface area (TPSA) is 51.0 Å². The van der Waals surface area contributed by atoms with Gasteiger partial charge >= 0.3 is 12.4 Å². The number of amides is 1. The summed E-state index contributed by atoms with van der Waals surface area (Å²) in [6.07, 6.45) is -9.97. The van der Waals surface area contributed by atoms with Crippen LogP contribution in [0.3, 0.4) is 0 Å². The van der Waals surface area contributed by atoms with Gasteiger partial charge in [0.2, 0.25) is 5.82 Å². The zero-order valence-corrected chi connectivity index (χ0v) is 17.0. The van der Waals surface area contributed by atoms with E-state index in [4.69, 9.17) is 11.6 Å². The molecule has 2 aromatic carbocycles. The van der Waals surface area contributed by atoms with Gasteiger partial charge in [-0.3, -0.25) is 4.79 Å². The number of nitrogens with zero attached hydrogens (tertiary/aromatic N) is 4. The van der Waals surface area contributed by atoms with Crippen molar-refractivity contribution in [1.29, 1.82) is 0 Å². The number of benzene rings is 2. The summed E-state index contributed by atoms with van der Waals surface area (Å²) in [6, 6.07) is 7.90. The van der Waals surface area contributed by atoms with Crippen molar-refractivity contribution in [3.8, 4) is 0 Å². The van der Waals surface area contributed by atoms with Crippen LogP contribution in [0, 0.1) is 5.82 Å². The van der Waals surface area contributed by atoms with Gasteiger partial charge in [0.05, 0.1) is 10.6 Å². The first-order valence-electron chi connectivity index (χ1n) is 9.32. The number of rotatable bonds is 2. The van der Waals surface area contributed by atoms with Crippen molar-refractivity contribution in [2.24, 2.45) is 0 Å². The molecule has 0 aliphatic carbocycles. The van der Waals surface area contributed by atoms with Crippen LogP contribution in [0.2, 0.25) is 5.02 Å². The maximum atomic E-state index is 13.8. The van der Waals surface area contributed by atoms with Crippen LogP contribution in [0.25, 0.3) is 0 Å². The smallest absolute Gasteiger partial charge is 0.322 e. The van der Waals surface area contributed by atoms with Gasteiger partial charge in [0.15, 0.2) is 5.82 Å². The van der Waals surface area contributed by atoms with E-state index in [1.807, 2.05) is 0 Å². The molecule has 1 atom stereocenters. The van der Waals surface area contributed by atoms with Gasteiger partial charge in [0, 0.05) is 13.1 Å². The zero-order chi connectivity index (χ0) is 24.1. The van der Waals surface area contributed by atoms with Crippen LogP contribution >= 0.6 is 11.6 Å². The highest BCUT2D eigenvalue weighted by molar-refractivity contribution is 6.34. The van der Waals surface area contributed by atoms with E-state index in [-0.39, 0.29) is 18.9 Å². The summed E-state index contributed by atoms with van der Waals surface area (Å²) in [5.74, 6) is -4.16. The fraction of sp³-hybridized carbons (Fsp3) is 0.250. The molecule has 1 aliphatic rings. The Morgan fingerprint density at radius 1 is 0.939 bits per heavy atom. The van der Waals surface area contributed by atoms with Gasteiger partial charge in [0.1, 0.15) is 17.4 Å². The summed E-state index contributed by atoms with van der Waals surface area (Å²) in [6.45, 7) is -0.682. The fourth-order valence-electron chi connectivity index (χ4n) is 3.74. The molecule has 0 bridgehead atoms. The maximum absolute atomic E-state index is 13.8. The summed E-state index contributed by atoms with van der Waals surface area (Å²) < 4.78 is 94.5. The molecule has 4 rings (SSSR count). The summed E-state index contributed by atoms with van der Waals surface area (Å²) in [5, 5.41) is 5.70. The Hall–Kier alpha value is -3.15. The molecule has 2 heterocycles. The lowest BCUT2D eigenvalue weighted by Gasteiger charge is -2.36. The Bertz CT molecular complexity index is 1210. The fourth-order valence-corrected chi connectivity index (χ4v) is 4.08. The van der Waals surface area contributed by atoms with Gasteiger partial charge in [-0.15, -0.1) is 10.2 Å². The number of carbonyl (C=O) groups excluding carboxylic acids is 1. The van der Waals surface area contributed by atoms with E-state index in [1.165, 1.54) is 12.1 Å². The molecule has 13 heteroatoms. The van der Waals surface area contributed by atoms with Crippen LogP contribution < -0.4 is 0 Å². The third-order valence-electron chi connectivity index (χ3n) is 5.13. The molecule has 1 amide bonds. The third kappa shape index (κ3) is 4.03. The van der Waals surface area contributed by atoms with E-state index in [2.05, 4.69) is 10.2 Å². The van der Waals surface area contributed by atoms with E-state index < -0.39 is 52.1 Å². The van der Waals surface area contributed by atoms with Crippen molar-refractivity contribution >= 4 is 17.5 Å². The van der Waals surface area contributed by atoms with E-state index >= 15 is 0 Å². The Morgan fingerprint density at radius 3 is 2.21 bits per heavy atom. The summed E-state index contributed by atoms with van der Waals surface area (Å²) in [7, 11) is 0. The molecule has 3 aromatic rings. The van der Waals surface area contributed by atoms with Gasteiger partial charge in [-0.25, -0.2) is 4.39 Å². The number of fused-ring (bicyclic) bond motifs is 1. The van der Waals surface area contributed by atoms with Crippen molar-refractivity contribution in [1.82, 2.24) is 19.7 Å². The first-order valence-corrected chi connectivity index (χ1v) is 9.70. The van der Waals surface area contributed by atoms with E-state index in [9.17, 15) is 35.5 Å². The zero-order valence-electron chi connectivity index (χ0n) is 16.3. The Kier molecular flexibility index (Phi) is 5.59. The van der Waals surface area contributed by atoms with Crippen LogP contribution in [-0.2, 0) is 18.9 Å². The molecule has 0 spiro atoms. The quantitative estimate of drug-likeness (QED) is 0.453. The number of aromatic nitrogens is 3. The molecule has 1 aliphatic heterocycles. The first-order chi connectivity index (χ1) is 15.4. The highest BCUT2D eigenvalue weighted by Crippen LogP contribution is 2.41. The van der Waals surface area contributed by atoms with Crippen LogP contribution in [0.4, 0.5) is 30.7 Å². The van der Waals surface area contributed by atoms with Gasteiger partial charge < -0.3 is 9.47 Å². The average molecular weight is 493 g/mol. The average Bonchev–Trinajstić information content (AvgIpc) is 3.17. The van der Waals surface area contributed by atoms with Crippen LogP contribution in [0.1, 0.15) is 39.2 Å². The highest BCUT2D eigenvalue weighted by Gasteiger charge is 2.44. The van der Waals surface area contributed by atoms with Crippen molar-refractivity contribution in [2.75, 3.05) is 6.54 Å². The van der Waals surface area contributed by atoms with Gasteiger partial charge in [-0.1, -0.05) is 41.9 Å². The number of alkyl halides is 6. The van der Waals surface area contributed by atoms with Crippen molar-refractivity contribution in [2.45, 2.75) is 24.9 Å². The third-order valence-corrected chi connectivity index (χ3v) is 5.53. The van der Waals surface area contributed by atoms with E-state index in [0.29, 0.717) is 11.6 Å². The summed E-state index contributed by atoms with van der Waals surface area (Å²) in [4.78, 5) is 14.3. The molecule has 0 radical (unpaired) electrons. The second-order valence-electron chi connectivity index (χ2n) is 7.12. The van der Waals surface area contributed by atoms with Crippen molar-refractivity contribution < 1.29 is 35.5 Å². The molecule has 1 unspecified atom stereocenters. The molecular formula is C20H12ClF7N4O. The van der Waals surface area contributed by atoms with Crippen molar-refractivity contribution in [3.63, 3.8) is 0 Å². The molecular weight excluding hydrogens is 481 g/mol. The molecule has 0 saturated heterocycles. The lowest BCUT2D eigenvalue weighted by molar-refractivity contribution is -0.148. The second-order valence-corrected chi connectivity index (χ2v) is 7.50. The summed E-state index contributed by atoms with van der Waals surface area (Å²) >= 11 is 5.78. The lowest BCUT2D eigenvalue weighted by atomic mass is 10.0. The minimum atomic E-state index is -5.17. The maximum Gasteiger partial charge on any atom is 0.451 e. The highest BCUT2D eigenvalue weighted by atomic mass is 35.5. The molecule has 33 heavy (non-hydrogen) atoms. The van der Waals surface area contributed by atoms with Crippen LogP contribution in [-0.4, -0.2) is 32.1 Å². The minimum Gasteiger partial charge on any atom is -0.322 e. The van der Waals surface area contributed by atoms with Crippen LogP contribution in [0.15, 0.2) is 42.5 Å². The monoisotopic (exact) mass is 492 g/mol. The second kappa shape index (κ2) is 8.01. The molecule has 174 valence electrons. The Balaban J connectivity index is 1.84. The van der Waals surface area contributed by atoms with Crippen molar-refractivity contribution in [3.05, 3.63) is 81.6 Å². The molecule has 0 N–H and O–H groups in total. The van der Waals surface area contributed by atoms with Gasteiger partial charge in [0.25, 0.3) is 5.91 Å². The number of hydrogen-bond acceptors (Lipinski definition) is 3. The minimum absolute atomic E-state index is 0.220. The first kappa shape index (κ1) is 23.0. The largest absolute Gasteiger partial charge is 0.451 e. The molecule has 0 fully saturated rings. The standard InChI is InChI=1S/C20H12ClF7N4O/c21-14-11(6-7-12(22)13(14)19(23,24)25)17(33)31-8-9-32-16(29-30-18(32)20(26,27)28)15(31)10-4-2-1-3-5-10/h1-7,15H,8-9H2. The van der Waals surface area contributed by atoms with E-state index in [0.717, 1.165) is 15.5 Å². The Morgan fingerprint density at radius 2 is 1.61 bits per heavy atom. The lowest BCUT2D eigenvalue weighted by Crippen LogP contribution is -2.43. The van der Waals surface area contributed by atoms with Gasteiger partial charge in [-0.05, 0) is 17.7 Å². The van der Waals surface area contributed by atoms with Gasteiger partial charge in [-0.2, -0.15) is 26.3 Å². The SMILES string of the molecule is O=C(c1ccc(F)c(C(F)(F)F)c1Cl)N1CCn2c(nnc2C(F)(F)F)C1c1ccccc1. The Labute approximate surface area is 186 Å².